The SMILES string of the molecule is CCCN(CCC)C(=O)CSc1nc(Cl)cc(N2CCN(c3ccccc3C)CC2)n1. The molecule has 0 aliphatic carbocycles. The van der Waals surface area contributed by atoms with Crippen molar-refractivity contribution >= 4 is 40.8 Å². The summed E-state index contributed by atoms with van der Waals surface area (Å²) in [5, 5.41) is 0.977. The first kappa shape index (κ1) is 23.7. The number of para-hydroxylation sites is 1. The predicted octanol–water partition coefficient (Wildman–Crippen LogP) is 4.51. The summed E-state index contributed by atoms with van der Waals surface area (Å²) < 4.78 is 0. The number of hydrogen-bond donors (Lipinski definition) is 0. The molecule has 0 N–H and O–H groups in total. The lowest BCUT2D eigenvalue weighted by Gasteiger charge is -2.37. The van der Waals surface area contributed by atoms with Crippen molar-refractivity contribution in [1.82, 2.24) is 14.9 Å². The average molecular weight is 462 g/mol. The second kappa shape index (κ2) is 11.6. The van der Waals surface area contributed by atoms with E-state index >= 15 is 0 Å². The normalized spacial score (nSPS) is 14.1. The van der Waals surface area contributed by atoms with Crippen LogP contribution in [0.25, 0.3) is 0 Å². The van der Waals surface area contributed by atoms with Gasteiger partial charge in [0.1, 0.15) is 11.0 Å². The van der Waals surface area contributed by atoms with Gasteiger partial charge in [-0.15, -0.1) is 0 Å². The van der Waals surface area contributed by atoms with Crippen molar-refractivity contribution in [2.75, 3.05) is 54.8 Å². The second-order valence-corrected chi connectivity index (χ2v) is 9.09. The molecule has 6 nitrogen and oxygen atoms in total. The van der Waals surface area contributed by atoms with Crippen LogP contribution in [0.3, 0.4) is 0 Å². The summed E-state index contributed by atoms with van der Waals surface area (Å²) in [5.41, 5.74) is 2.59. The predicted molar refractivity (Wildman–Crippen MR) is 131 cm³/mol. The van der Waals surface area contributed by atoms with E-state index in [0.29, 0.717) is 16.1 Å². The lowest BCUT2D eigenvalue weighted by atomic mass is 10.1. The van der Waals surface area contributed by atoms with Crippen LogP contribution in [0.5, 0.6) is 0 Å². The third-order valence-corrected chi connectivity index (χ3v) is 6.41. The van der Waals surface area contributed by atoms with Crippen LogP contribution in [0.1, 0.15) is 32.3 Å². The van der Waals surface area contributed by atoms with Crippen LogP contribution >= 0.6 is 23.4 Å². The van der Waals surface area contributed by atoms with E-state index in [1.54, 1.807) is 0 Å². The van der Waals surface area contributed by atoms with E-state index in [1.807, 2.05) is 11.0 Å². The summed E-state index contributed by atoms with van der Waals surface area (Å²) in [5.74, 6) is 1.30. The van der Waals surface area contributed by atoms with E-state index in [9.17, 15) is 4.79 Å². The zero-order valence-corrected chi connectivity index (χ0v) is 20.3. The number of rotatable bonds is 9. The fourth-order valence-electron chi connectivity index (χ4n) is 3.83. The quantitative estimate of drug-likeness (QED) is 0.311. The smallest absolute Gasteiger partial charge is 0.233 e. The molecular formula is C23H32ClN5OS. The number of nitrogens with zero attached hydrogens (tertiary/aromatic N) is 5. The fraction of sp³-hybridized carbons (Fsp3) is 0.522. The third kappa shape index (κ3) is 6.50. The molecule has 2 heterocycles. The molecule has 0 bridgehead atoms. The highest BCUT2D eigenvalue weighted by molar-refractivity contribution is 7.99. The minimum Gasteiger partial charge on any atom is -0.368 e. The standard InChI is InChI=1S/C23H32ClN5OS/c1-4-10-29(11-5-2)22(30)17-31-23-25-20(24)16-21(26-23)28-14-12-27(13-15-28)19-9-7-6-8-18(19)3/h6-9,16H,4-5,10-15,17H2,1-3H3. The Balaban J connectivity index is 1.61. The summed E-state index contributed by atoms with van der Waals surface area (Å²) in [6.45, 7) is 11.5. The van der Waals surface area contributed by atoms with Crippen LogP contribution in [-0.2, 0) is 4.79 Å². The number of aromatic nitrogens is 2. The number of carbonyl (C=O) groups excluding carboxylic acids is 1. The molecule has 0 spiro atoms. The zero-order chi connectivity index (χ0) is 22.2. The fourth-order valence-corrected chi connectivity index (χ4v) is 4.81. The maximum absolute atomic E-state index is 12.6. The second-order valence-electron chi connectivity index (χ2n) is 7.76. The van der Waals surface area contributed by atoms with Gasteiger partial charge in [0, 0.05) is 51.0 Å². The van der Waals surface area contributed by atoms with Crippen molar-refractivity contribution in [1.29, 1.82) is 0 Å². The van der Waals surface area contributed by atoms with Crippen LogP contribution in [-0.4, -0.2) is 65.8 Å². The van der Waals surface area contributed by atoms with E-state index in [-0.39, 0.29) is 5.91 Å². The van der Waals surface area contributed by atoms with E-state index < -0.39 is 0 Å². The molecule has 3 rings (SSSR count). The first-order valence-electron chi connectivity index (χ1n) is 11.0. The minimum absolute atomic E-state index is 0.130. The maximum atomic E-state index is 12.6. The lowest BCUT2D eigenvalue weighted by Crippen LogP contribution is -2.47. The molecule has 1 fully saturated rings. The number of aryl methyl sites for hydroxylation is 1. The van der Waals surface area contributed by atoms with Gasteiger partial charge in [0.25, 0.3) is 0 Å². The number of carbonyl (C=O) groups is 1. The van der Waals surface area contributed by atoms with Crippen LogP contribution < -0.4 is 9.80 Å². The van der Waals surface area contributed by atoms with Gasteiger partial charge in [-0.1, -0.05) is 55.4 Å². The lowest BCUT2D eigenvalue weighted by molar-refractivity contribution is -0.128. The van der Waals surface area contributed by atoms with E-state index in [4.69, 9.17) is 16.6 Å². The third-order valence-electron chi connectivity index (χ3n) is 5.39. The summed E-state index contributed by atoms with van der Waals surface area (Å²) in [7, 11) is 0. The van der Waals surface area contributed by atoms with Gasteiger partial charge >= 0.3 is 0 Å². The Labute approximate surface area is 195 Å². The van der Waals surface area contributed by atoms with Crippen LogP contribution in [0.2, 0.25) is 5.15 Å². The maximum Gasteiger partial charge on any atom is 0.233 e. The molecule has 1 aliphatic rings. The first-order valence-corrected chi connectivity index (χ1v) is 12.4. The summed E-state index contributed by atoms with van der Waals surface area (Å²) in [4.78, 5) is 28.2. The van der Waals surface area contributed by atoms with Gasteiger partial charge in [0.15, 0.2) is 5.16 Å². The van der Waals surface area contributed by atoms with E-state index in [2.05, 4.69) is 59.8 Å². The van der Waals surface area contributed by atoms with Crippen LogP contribution in [0, 0.1) is 6.92 Å². The molecule has 1 aromatic heterocycles. The molecule has 0 radical (unpaired) electrons. The van der Waals surface area contributed by atoms with Crippen molar-refractivity contribution < 1.29 is 4.79 Å². The molecule has 1 amide bonds. The van der Waals surface area contributed by atoms with E-state index in [1.165, 1.54) is 23.0 Å². The number of amides is 1. The average Bonchev–Trinajstić information content (AvgIpc) is 2.77. The minimum atomic E-state index is 0.130. The Morgan fingerprint density at radius 3 is 2.35 bits per heavy atom. The monoisotopic (exact) mass is 461 g/mol. The number of benzene rings is 1. The Morgan fingerprint density at radius 2 is 1.71 bits per heavy atom. The van der Waals surface area contributed by atoms with Crippen molar-refractivity contribution in [3.05, 3.63) is 41.0 Å². The highest BCUT2D eigenvalue weighted by atomic mass is 35.5. The summed E-state index contributed by atoms with van der Waals surface area (Å²) in [6, 6.07) is 10.3. The molecule has 8 heteroatoms. The van der Waals surface area contributed by atoms with Gasteiger partial charge in [0.05, 0.1) is 5.75 Å². The molecule has 0 atom stereocenters. The number of halogens is 1. The van der Waals surface area contributed by atoms with Gasteiger partial charge in [-0.3, -0.25) is 4.79 Å². The largest absolute Gasteiger partial charge is 0.368 e. The molecule has 0 saturated carbocycles. The van der Waals surface area contributed by atoms with Crippen molar-refractivity contribution in [3.63, 3.8) is 0 Å². The Bertz CT molecular complexity index is 867. The number of piperazine rings is 1. The van der Waals surface area contributed by atoms with Crippen molar-refractivity contribution in [2.45, 2.75) is 38.8 Å². The molecule has 1 aliphatic heterocycles. The van der Waals surface area contributed by atoms with Crippen molar-refractivity contribution in [3.8, 4) is 0 Å². The highest BCUT2D eigenvalue weighted by Crippen LogP contribution is 2.25. The number of thioether (sulfide) groups is 1. The molecule has 2 aromatic rings. The van der Waals surface area contributed by atoms with Gasteiger partial charge in [0.2, 0.25) is 5.91 Å². The van der Waals surface area contributed by atoms with Gasteiger partial charge < -0.3 is 14.7 Å². The molecule has 168 valence electrons. The summed E-state index contributed by atoms with van der Waals surface area (Å²) >= 11 is 7.66. The molecule has 0 unspecified atom stereocenters. The molecule has 1 aromatic carbocycles. The molecule has 31 heavy (non-hydrogen) atoms. The number of hydrogen-bond acceptors (Lipinski definition) is 6. The highest BCUT2D eigenvalue weighted by Gasteiger charge is 2.21. The van der Waals surface area contributed by atoms with Gasteiger partial charge in [-0.25, -0.2) is 9.97 Å². The Kier molecular flexibility index (Phi) is 8.84. The molecule has 1 saturated heterocycles. The Morgan fingerprint density at radius 1 is 1.06 bits per heavy atom. The van der Waals surface area contributed by atoms with Crippen molar-refractivity contribution in [2.24, 2.45) is 0 Å². The number of anilines is 2. The summed E-state index contributed by atoms with van der Waals surface area (Å²) in [6.07, 6.45) is 1.92. The zero-order valence-electron chi connectivity index (χ0n) is 18.7. The topological polar surface area (TPSA) is 52.6 Å². The van der Waals surface area contributed by atoms with Crippen LogP contribution in [0.4, 0.5) is 11.5 Å². The van der Waals surface area contributed by atoms with Gasteiger partial charge in [-0.05, 0) is 31.4 Å². The molecular weight excluding hydrogens is 430 g/mol. The van der Waals surface area contributed by atoms with Gasteiger partial charge in [-0.2, -0.15) is 0 Å². The van der Waals surface area contributed by atoms with Crippen LogP contribution in [0.15, 0.2) is 35.5 Å². The first-order chi connectivity index (χ1) is 15.0. The Hall–Kier alpha value is -1.99. The van der Waals surface area contributed by atoms with E-state index in [0.717, 1.165) is 57.9 Å².